The van der Waals surface area contributed by atoms with Crippen LogP contribution in [0.2, 0.25) is 0 Å². The number of amides is 1. The van der Waals surface area contributed by atoms with E-state index < -0.39 is 11.9 Å². The fraction of sp³-hybridized carbons (Fsp3) is 0.0500. The Labute approximate surface area is 164 Å². The molecule has 0 saturated heterocycles. The van der Waals surface area contributed by atoms with Crippen LogP contribution in [0.5, 0.6) is 17.2 Å². The Bertz CT molecular complexity index is 1020. The molecular weight excluding hydrogens is 380 g/mol. The van der Waals surface area contributed by atoms with Crippen molar-refractivity contribution >= 4 is 29.4 Å². The van der Waals surface area contributed by atoms with E-state index in [2.05, 4.69) is 10.5 Å². The van der Waals surface area contributed by atoms with Gasteiger partial charge in [-0.05, 0) is 47.3 Å². The van der Waals surface area contributed by atoms with E-state index in [1.807, 2.05) is 0 Å². The average molecular weight is 396 g/mol. The smallest absolute Gasteiger partial charge is 0.353 e. The standard InChI is InChI=1S/C20H16N2O5S/c1-26-17-11-13(8-9-16(17)27-20(25)18-7-4-10-28-18)12-21-22-19(24)14-5-2-3-6-15(14)23/h2-12,23H,1H3,(H,22,24)/b21-12-. The average Bonchev–Trinajstić information content (AvgIpc) is 3.24. The Hall–Kier alpha value is -3.65. The quantitative estimate of drug-likeness (QED) is 0.288. The third-order valence-electron chi connectivity index (χ3n) is 3.64. The molecule has 0 atom stereocenters. The van der Waals surface area contributed by atoms with Crippen LogP contribution in [0, 0.1) is 0 Å². The SMILES string of the molecule is COc1cc(/C=N\NC(=O)c2ccccc2O)ccc1OC(=O)c1cccs1. The number of rotatable bonds is 6. The minimum Gasteiger partial charge on any atom is -0.507 e. The molecule has 0 unspecified atom stereocenters. The molecule has 3 rings (SSSR count). The van der Waals surface area contributed by atoms with Gasteiger partial charge in [0.25, 0.3) is 5.91 Å². The molecule has 1 amide bonds. The Morgan fingerprint density at radius 1 is 1.11 bits per heavy atom. The molecule has 0 fully saturated rings. The van der Waals surface area contributed by atoms with Crippen molar-refractivity contribution in [3.05, 3.63) is 76.0 Å². The highest BCUT2D eigenvalue weighted by Gasteiger charge is 2.13. The monoisotopic (exact) mass is 396 g/mol. The van der Waals surface area contributed by atoms with Gasteiger partial charge in [-0.3, -0.25) is 4.79 Å². The largest absolute Gasteiger partial charge is 0.507 e. The van der Waals surface area contributed by atoms with E-state index in [0.717, 1.165) is 0 Å². The van der Waals surface area contributed by atoms with E-state index in [1.165, 1.54) is 36.8 Å². The molecule has 2 aromatic carbocycles. The van der Waals surface area contributed by atoms with Crippen molar-refractivity contribution in [3.63, 3.8) is 0 Å². The Morgan fingerprint density at radius 3 is 2.64 bits per heavy atom. The van der Waals surface area contributed by atoms with Crippen molar-refractivity contribution in [1.29, 1.82) is 0 Å². The summed E-state index contributed by atoms with van der Waals surface area (Å²) in [5, 5.41) is 15.3. The molecule has 3 aromatic rings. The van der Waals surface area contributed by atoms with E-state index in [4.69, 9.17) is 9.47 Å². The van der Waals surface area contributed by atoms with E-state index in [0.29, 0.717) is 16.2 Å². The number of hydrazone groups is 1. The Balaban J connectivity index is 1.68. The summed E-state index contributed by atoms with van der Waals surface area (Å²) in [6, 6.07) is 14.5. The van der Waals surface area contributed by atoms with Crippen LogP contribution in [-0.2, 0) is 0 Å². The molecule has 0 radical (unpaired) electrons. The van der Waals surface area contributed by atoms with Gasteiger partial charge in [0, 0.05) is 0 Å². The molecule has 1 heterocycles. The third kappa shape index (κ3) is 4.54. The number of ether oxygens (including phenoxy) is 2. The summed E-state index contributed by atoms with van der Waals surface area (Å²) < 4.78 is 10.6. The lowest BCUT2D eigenvalue weighted by atomic mass is 10.2. The van der Waals surface area contributed by atoms with E-state index in [-0.39, 0.29) is 17.1 Å². The second kappa shape index (κ2) is 8.83. The second-order valence-electron chi connectivity index (χ2n) is 5.49. The number of aromatic hydroxyl groups is 1. The number of hydrogen-bond acceptors (Lipinski definition) is 7. The number of esters is 1. The molecule has 142 valence electrons. The van der Waals surface area contributed by atoms with Crippen molar-refractivity contribution in [2.24, 2.45) is 5.10 Å². The van der Waals surface area contributed by atoms with Crippen molar-refractivity contribution < 1.29 is 24.2 Å². The predicted molar refractivity (Wildman–Crippen MR) is 105 cm³/mol. The van der Waals surface area contributed by atoms with Crippen molar-refractivity contribution in [2.45, 2.75) is 0 Å². The first-order valence-corrected chi connectivity index (χ1v) is 9.01. The second-order valence-corrected chi connectivity index (χ2v) is 6.44. The molecule has 0 aliphatic carbocycles. The summed E-state index contributed by atoms with van der Waals surface area (Å²) >= 11 is 1.29. The molecular formula is C20H16N2O5S. The highest BCUT2D eigenvalue weighted by molar-refractivity contribution is 7.12. The minimum atomic E-state index is -0.539. The molecule has 0 spiro atoms. The maximum absolute atomic E-state index is 12.1. The van der Waals surface area contributed by atoms with Crippen LogP contribution in [0.1, 0.15) is 25.6 Å². The first kappa shape index (κ1) is 19.1. The van der Waals surface area contributed by atoms with Crippen molar-refractivity contribution in [1.82, 2.24) is 5.43 Å². The number of phenolic OH excluding ortho intramolecular Hbond substituents is 1. The molecule has 0 saturated carbocycles. The highest BCUT2D eigenvalue weighted by Crippen LogP contribution is 2.28. The highest BCUT2D eigenvalue weighted by atomic mass is 32.1. The van der Waals surface area contributed by atoms with Crippen LogP contribution in [0.15, 0.2) is 65.1 Å². The van der Waals surface area contributed by atoms with Crippen LogP contribution in [-0.4, -0.2) is 30.3 Å². The van der Waals surface area contributed by atoms with E-state index in [1.54, 1.807) is 47.8 Å². The van der Waals surface area contributed by atoms with Crippen LogP contribution in [0.4, 0.5) is 0 Å². The summed E-state index contributed by atoms with van der Waals surface area (Å²) in [6.45, 7) is 0. The number of benzene rings is 2. The van der Waals surface area contributed by atoms with Crippen LogP contribution < -0.4 is 14.9 Å². The van der Waals surface area contributed by atoms with Crippen molar-refractivity contribution in [3.8, 4) is 17.2 Å². The van der Waals surface area contributed by atoms with Crippen molar-refractivity contribution in [2.75, 3.05) is 7.11 Å². The zero-order chi connectivity index (χ0) is 19.9. The number of phenols is 1. The number of carbonyl (C=O) groups excluding carboxylic acids is 2. The molecule has 2 N–H and O–H groups in total. The number of thiophene rings is 1. The van der Waals surface area contributed by atoms with Gasteiger partial charge in [0.1, 0.15) is 10.6 Å². The molecule has 0 aliphatic heterocycles. The summed E-state index contributed by atoms with van der Waals surface area (Å²) in [4.78, 5) is 24.6. The molecule has 8 heteroatoms. The summed E-state index contributed by atoms with van der Waals surface area (Å²) in [5.74, 6) is -0.515. The zero-order valence-corrected chi connectivity index (χ0v) is 15.6. The fourth-order valence-electron chi connectivity index (χ4n) is 2.28. The van der Waals surface area contributed by atoms with Crippen LogP contribution in [0.25, 0.3) is 0 Å². The minimum absolute atomic E-state index is 0.119. The molecule has 0 bridgehead atoms. The number of nitrogens with zero attached hydrogens (tertiary/aromatic N) is 1. The van der Waals surface area contributed by atoms with Gasteiger partial charge < -0.3 is 14.6 Å². The lowest BCUT2D eigenvalue weighted by molar-refractivity contribution is 0.0734. The van der Waals surface area contributed by atoms with Crippen LogP contribution in [0.3, 0.4) is 0 Å². The fourth-order valence-corrected chi connectivity index (χ4v) is 2.88. The van der Waals surface area contributed by atoms with Gasteiger partial charge in [-0.15, -0.1) is 11.3 Å². The number of para-hydroxylation sites is 1. The zero-order valence-electron chi connectivity index (χ0n) is 14.8. The number of nitrogens with one attached hydrogen (secondary N) is 1. The lowest BCUT2D eigenvalue weighted by Crippen LogP contribution is -2.17. The van der Waals surface area contributed by atoms with Gasteiger partial charge >= 0.3 is 5.97 Å². The lowest BCUT2D eigenvalue weighted by Gasteiger charge is -2.09. The molecule has 0 aliphatic rings. The molecule has 1 aromatic heterocycles. The van der Waals surface area contributed by atoms with Gasteiger partial charge in [0.05, 0.1) is 18.9 Å². The molecule has 7 nitrogen and oxygen atoms in total. The maximum Gasteiger partial charge on any atom is 0.353 e. The predicted octanol–water partition coefficient (Wildman–Crippen LogP) is 3.45. The van der Waals surface area contributed by atoms with Gasteiger partial charge in [-0.25, -0.2) is 10.2 Å². The topological polar surface area (TPSA) is 97.2 Å². The summed E-state index contributed by atoms with van der Waals surface area (Å²) in [7, 11) is 1.46. The third-order valence-corrected chi connectivity index (χ3v) is 4.49. The first-order valence-electron chi connectivity index (χ1n) is 8.13. The number of methoxy groups -OCH3 is 1. The van der Waals surface area contributed by atoms with E-state index in [9.17, 15) is 14.7 Å². The summed E-state index contributed by atoms with van der Waals surface area (Å²) in [5.41, 5.74) is 3.07. The maximum atomic E-state index is 12.1. The number of carbonyl (C=O) groups is 2. The van der Waals surface area contributed by atoms with Crippen LogP contribution >= 0.6 is 11.3 Å². The van der Waals surface area contributed by atoms with Gasteiger partial charge in [-0.1, -0.05) is 18.2 Å². The Kier molecular flexibility index (Phi) is 6.03. The Morgan fingerprint density at radius 2 is 1.93 bits per heavy atom. The summed E-state index contributed by atoms with van der Waals surface area (Å²) in [6.07, 6.45) is 1.41. The molecule has 28 heavy (non-hydrogen) atoms. The first-order chi connectivity index (χ1) is 13.6. The van der Waals surface area contributed by atoms with E-state index >= 15 is 0 Å². The van der Waals surface area contributed by atoms with Gasteiger partial charge in [0.2, 0.25) is 0 Å². The van der Waals surface area contributed by atoms with Gasteiger partial charge in [-0.2, -0.15) is 5.10 Å². The normalized spacial score (nSPS) is 10.6. The number of hydrogen-bond donors (Lipinski definition) is 2. The van der Waals surface area contributed by atoms with Gasteiger partial charge in [0.15, 0.2) is 11.5 Å².